The van der Waals surface area contributed by atoms with Gasteiger partial charge in [0, 0.05) is 86.8 Å². The highest BCUT2D eigenvalue weighted by Crippen LogP contribution is 2.46. The van der Waals surface area contributed by atoms with Crippen molar-refractivity contribution in [3.8, 4) is 39.8 Å². The van der Waals surface area contributed by atoms with Crippen LogP contribution in [0.25, 0.3) is 43.4 Å². The van der Waals surface area contributed by atoms with Gasteiger partial charge in [-0.25, -0.2) is 4.79 Å². The summed E-state index contributed by atoms with van der Waals surface area (Å²) in [5, 5.41) is 16.4. The fourth-order valence-electron chi connectivity index (χ4n) is 7.57. The third-order valence-corrected chi connectivity index (χ3v) is 12.2. The number of ether oxygens (including phenoxy) is 3. The Balaban J connectivity index is 1.13. The molecule has 8 rings (SSSR count). The normalized spacial score (nSPS) is 14.5. The molecule has 1 fully saturated rings. The van der Waals surface area contributed by atoms with Gasteiger partial charge in [-0.1, -0.05) is 41.9 Å². The number of pyridine rings is 1. The topological polar surface area (TPSA) is 120 Å². The van der Waals surface area contributed by atoms with Crippen molar-refractivity contribution in [2.45, 2.75) is 38.8 Å². The molecule has 0 bridgehead atoms. The van der Waals surface area contributed by atoms with Gasteiger partial charge in [0.1, 0.15) is 31.3 Å². The smallest absolute Gasteiger partial charge is 0.408 e. The SMILES string of the molecule is Cc1c(-c2c(-c3ccc4c(ccn4C)c3)ncc3snc(OC(Cc4ccccc4OCc4ccnn4CC(F)(F)F)C(=O)O)c23)ccc(OCCN2CCN(C)CC2)c1Cl. The molecule has 0 radical (unpaired) electrons. The van der Waals surface area contributed by atoms with E-state index in [4.69, 9.17) is 30.8 Å². The summed E-state index contributed by atoms with van der Waals surface area (Å²) in [6, 6.07) is 20.1. The molecule has 17 heteroatoms. The van der Waals surface area contributed by atoms with Crippen LogP contribution in [-0.2, 0) is 31.4 Å². The summed E-state index contributed by atoms with van der Waals surface area (Å²) in [4.78, 5) is 22.6. The Kier molecular flexibility index (Phi) is 12.2. The Bertz CT molecular complexity index is 2690. The van der Waals surface area contributed by atoms with Crippen LogP contribution >= 0.6 is 23.1 Å². The monoisotopic (exact) mass is 873 g/mol. The second-order valence-corrected chi connectivity index (χ2v) is 16.3. The number of alkyl halides is 3. The minimum absolute atomic E-state index is 0.101. The number of rotatable bonds is 15. The highest BCUT2D eigenvalue weighted by molar-refractivity contribution is 7.13. The first kappa shape index (κ1) is 42.0. The standard InChI is InChI=1S/C44H43ClF3N7O5S/c1-27-32(9-11-35(40(27)45)58-21-20-54-18-16-52(2)17-19-54)38-39-37(24-49-41(38)30-8-10-33-28(22-30)13-15-53(33)3)61-51-42(39)60-36(43(56)57)23-29-6-4-5-7-34(29)59-25-31-12-14-50-55(31)26-44(46,47)48/h4-15,22,24,36H,16-21,23,25-26H2,1-3H3,(H,56,57). The lowest BCUT2D eigenvalue weighted by atomic mass is 9.93. The number of nitrogens with zero attached hydrogens (tertiary/aromatic N) is 7. The summed E-state index contributed by atoms with van der Waals surface area (Å²) >= 11 is 8.24. The van der Waals surface area contributed by atoms with E-state index in [-0.39, 0.29) is 24.6 Å². The van der Waals surface area contributed by atoms with Gasteiger partial charge in [0.05, 0.1) is 26.5 Å². The molecule has 61 heavy (non-hydrogen) atoms. The average Bonchev–Trinajstić information content (AvgIpc) is 3.96. The predicted molar refractivity (Wildman–Crippen MR) is 229 cm³/mol. The number of hydrogen-bond acceptors (Lipinski definition) is 10. The fourth-order valence-corrected chi connectivity index (χ4v) is 8.49. The maximum Gasteiger partial charge on any atom is 0.408 e. The molecule has 1 aliphatic heterocycles. The number of aliphatic carboxylic acids is 1. The molecule has 5 heterocycles. The van der Waals surface area contributed by atoms with Gasteiger partial charge in [-0.15, -0.1) is 0 Å². The van der Waals surface area contributed by atoms with E-state index < -0.39 is 24.8 Å². The molecule has 0 aliphatic carbocycles. The molecule has 3 aromatic carbocycles. The summed E-state index contributed by atoms with van der Waals surface area (Å²) in [5.74, 6) is -0.299. The Morgan fingerprint density at radius 2 is 1.80 bits per heavy atom. The molecule has 12 nitrogen and oxygen atoms in total. The Morgan fingerprint density at radius 3 is 2.59 bits per heavy atom. The van der Waals surface area contributed by atoms with Crippen molar-refractivity contribution in [2.75, 3.05) is 46.4 Å². The summed E-state index contributed by atoms with van der Waals surface area (Å²) in [6.45, 7) is 5.65. The predicted octanol–water partition coefficient (Wildman–Crippen LogP) is 8.52. The number of carbonyl (C=O) groups is 1. The van der Waals surface area contributed by atoms with Gasteiger partial charge < -0.3 is 28.8 Å². The van der Waals surface area contributed by atoms with Gasteiger partial charge in [-0.2, -0.15) is 22.6 Å². The van der Waals surface area contributed by atoms with Crippen molar-refractivity contribution in [2.24, 2.45) is 7.05 Å². The minimum atomic E-state index is -4.47. The Labute approximate surface area is 358 Å². The number of halogens is 4. The molecule has 1 N–H and O–H groups in total. The van der Waals surface area contributed by atoms with Crippen LogP contribution in [0.5, 0.6) is 17.4 Å². The molecule has 1 atom stereocenters. The number of carboxylic acids is 1. The van der Waals surface area contributed by atoms with E-state index in [2.05, 4.69) is 32.4 Å². The Hall–Kier alpha value is -5.68. The van der Waals surface area contributed by atoms with Crippen LogP contribution < -0.4 is 14.2 Å². The van der Waals surface area contributed by atoms with Crippen molar-refractivity contribution < 1.29 is 37.3 Å². The number of piperazine rings is 1. The second kappa shape index (κ2) is 17.7. The first-order chi connectivity index (χ1) is 29.3. The molecule has 0 spiro atoms. The maximum atomic E-state index is 13.1. The van der Waals surface area contributed by atoms with Crippen molar-refractivity contribution in [1.29, 1.82) is 0 Å². The molecule has 1 unspecified atom stereocenters. The number of benzene rings is 3. The summed E-state index contributed by atoms with van der Waals surface area (Å²) < 4.78 is 66.2. The molecule has 318 valence electrons. The molecule has 1 saturated heterocycles. The summed E-state index contributed by atoms with van der Waals surface area (Å²) in [7, 11) is 4.11. The van der Waals surface area contributed by atoms with E-state index in [0.29, 0.717) is 50.0 Å². The molecule has 0 amide bonds. The van der Waals surface area contributed by atoms with Crippen LogP contribution in [0.2, 0.25) is 5.02 Å². The molecule has 1 aliphatic rings. The number of aryl methyl sites for hydroxylation is 1. The molecule has 4 aromatic heterocycles. The van der Waals surface area contributed by atoms with Gasteiger partial charge in [-0.05, 0) is 78.6 Å². The zero-order valence-electron chi connectivity index (χ0n) is 33.7. The first-order valence-corrected chi connectivity index (χ1v) is 20.8. The van der Waals surface area contributed by atoms with Gasteiger partial charge >= 0.3 is 12.1 Å². The third-order valence-electron chi connectivity index (χ3n) is 10.9. The van der Waals surface area contributed by atoms with Crippen LogP contribution in [0, 0.1) is 6.92 Å². The molecule has 7 aromatic rings. The van der Waals surface area contributed by atoms with Crippen molar-refractivity contribution in [3.05, 3.63) is 107 Å². The fraction of sp³-hybridized carbons (Fsp3) is 0.318. The first-order valence-electron chi connectivity index (χ1n) is 19.7. The van der Waals surface area contributed by atoms with Crippen LogP contribution in [0.1, 0.15) is 16.8 Å². The third kappa shape index (κ3) is 9.32. The molecular weight excluding hydrogens is 831 g/mol. The number of likely N-dealkylation sites (N-methyl/N-ethyl adjacent to an activating group) is 1. The van der Waals surface area contributed by atoms with E-state index in [1.54, 1.807) is 30.5 Å². The lowest BCUT2D eigenvalue weighted by Crippen LogP contribution is -2.45. The van der Waals surface area contributed by atoms with E-state index in [9.17, 15) is 23.1 Å². The lowest BCUT2D eigenvalue weighted by Gasteiger charge is -2.32. The van der Waals surface area contributed by atoms with E-state index in [1.807, 2.05) is 55.1 Å². The van der Waals surface area contributed by atoms with E-state index in [1.165, 1.54) is 12.3 Å². The maximum absolute atomic E-state index is 13.1. The van der Waals surface area contributed by atoms with Crippen LogP contribution in [0.15, 0.2) is 85.3 Å². The van der Waals surface area contributed by atoms with Crippen LogP contribution in [0.3, 0.4) is 0 Å². The van der Waals surface area contributed by atoms with E-state index in [0.717, 1.165) is 76.5 Å². The zero-order chi connectivity index (χ0) is 42.8. The van der Waals surface area contributed by atoms with Crippen molar-refractivity contribution in [3.63, 3.8) is 0 Å². The lowest BCUT2D eigenvalue weighted by molar-refractivity contribution is -0.145. The van der Waals surface area contributed by atoms with Gasteiger partial charge in [0.2, 0.25) is 12.0 Å². The van der Waals surface area contributed by atoms with E-state index >= 15 is 0 Å². The van der Waals surface area contributed by atoms with Gasteiger partial charge in [0.15, 0.2) is 0 Å². The average molecular weight is 874 g/mol. The molecular formula is C44H43ClF3N7O5S. The number of fused-ring (bicyclic) bond motifs is 2. The quantitative estimate of drug-likeness (QED) is 0.107. The highest BCUT2D eigenvalue weighted by atomic mass is 35.5. The number of hydrogen-bond donors (Lipinski definition) is 1. The second-order valence-electron chi connectivity index (χ2n) is 15.1. The van der Waals surface area contributed by atoms with Gasteiger partial charge in [-0.3, -0.25) is 14.6 Å². The number of carboxylic acid groups (broad SMARTS) is 1. The summed E-state index contributed by atoms with van der Waals surface area (Å²) in [6.07, 6.45) is -1.07. The Morgan fingerprint density at radius 1 is 1.00 bits per heavy atom. The number of aromatic nitrogens is 5. The van der Waals surface area contributed by atoms with Crippen molar-refractivity contribution >= 4 is 50.1 Å². The van der Waals surface area contributed by atoms with Gasteiger partial charge in [0.25, 0.3) is 0 Å². The largest absolute Gasteiger partial charge is 0.491 e. The van der Waals surface area contributed by atoms with Crippen molar-refractivity contribution in [1.82, 2.24) is 33.5 Å². The van der Waals surface area contributed by atoms with Crippen LogP contribution in [0.4, 0.5) is 13.2 Å². The number of para-hydroxylation sites is 1. The molecule has 0 saturated carbocycles. The van der Waals surface area contributed by atoms with Crippen LogP contribution in [-0.4, -0.2) is 103 Å². The zero-order valence-corrected chi connectivity index (χ0v) is 35.2. The minimum Gasteiger partial charge on any atom is -0.491 e. The summed E-state index contributed by atoms with van der Waals surface area (Å²) in [5.41, 5.74) is 5.34. The highest BCUT2D eigenvalue weighted by Gasteiger charge is 2.30.